The van der Waals surface area contributed by atoms with Crippen LogP contribution < -0.4 is 0 Å². The molecule has 0 heterocycles. The van der Waals surface area contributed by atoms with Gasteiger partial charge in [0.1, 0.15) is 5.78 Å². The third-order valence-electron chi connectivity index (χ3n) is 1.18. The van der Waals surface area contributed by atoms with Gasteiger partial charge in [-0.1, -0.05) is 6.92 Å². The molecule has 0 saturated heterocycles. The molecule has 1 atom stereocenters. The van der Waals surface area contributed by atoms with Gasteiger partial charge in [0.2, 0.25) is 0 Å². The van der Waals surface area contributed by atoms with Crippen molar-refractivity contribution in [3.63, 3.8) is 0 Å². The van der Waals surface area contributed by atoms with Crippen molar-refractivity contribution < 1.29 is 22.4 Å². The highest BCUT2D eigenvalue weighted by Gasteiger charge is 2.10. The summed E-state index contributed by atoms with van der Waals surface area (Å²) in [6.07, 6.45) is 0.867. The zero-order valence-electron chi connectivity index (χ0n) is 7.23. The summed E-state index contributed by atoms with van der Waals surface area (Å²) in [6.45, 7) is 2.96. The summed E-state index contributed by atoms with van der Waals surface area (Å²) in [5, 5.41) is 0. The van der Waals surface area contributed by atoms with Crippen molar-refractivity contribution in [3.05, 3.63) is 0 Å². The van der Waals surface area contributed by atoms with Crippen molar-refractivity contribution >= 4 is 15.9 Å². The molecule has 0 amide bonds. The van der Waals surface area contributed by atoms with E-state index in [9.17, 15) is 13.2 Å². The molecular weight excluding hydrogens is 184 g/mol. The summed E-state index contributed by atoms with van der Waals surface area (Å²) in [4.78, 5) is 14.9. The summed E-state index contributed by atoms with van der Waals surface area (Å²) < 4.78 is 24.7. The molecule has 1 unspecified atom stereocenters. The molecule has 0 bridgehead atoms. The Hall–Kier alpha value is -0.460. The predicted molar refractivity (Wildman–Crippen MR) is 41.7 cm³/mol. The molecule has 0 saturated carbocycles. The van der Waals surface area contributed by atoms with Gasteiger partial charge in [0, 0.05) is 5.92 Å². The van der Waals surface area contributed by atoms with Gasteiger partial charge >= 0.3 is 0 Å². The van der Waals surface area contributed by atoms with Crippen LogP contribution in [0, 0.1) is 5.92 Å². The summed E-state index contributed by atoms with van der Waals surface area (Å²) >= 11 is 0. The van der Waals surface area contributed by atoms with Gasteiger partial charge in [0.25, 0.3) is 10.1 Å². The SMILES string of the molecule is CC(=O)C(C)COOS(C)(=O)=O. The fraction of sp³-hybridized carbons (Fsp3) is 0.833. The van der Waals surface area contributed by atoms with E-state index >= 15 is 0 Å². The lowest BCUT2D eigenvalue weighted by atomic mass is 10.1. The van der Waals surface area contributed by atoms with Crippen molar-refractivity contribution in [1.82, 2.24) is 0 Å². The average molecular weight is 196 g/mol. The van der Waals surface area contributed by atoms with E-state index in [1.165, 1.54) is 6.92 Å². The van der Waals surface area contributed by atoms with Crippen LogP contribution in [0.1, 0.15) is 13.8 Å². The van der Waals surface area contributed by atoms with E-state index in [1.807, 2.05) is 0 Å². The number of rotatable bonds is 5. The van der Waals surface area contributed by atoms with Crippen LogP contribution in [0.25, 0.3) is 0 Å². The Bertz CT molecular complexity index is 243. The van der Waals surface area contributed by atoms with Gasteiger partial charge in [-0.05, 0) is 6.92 Å². The molecule has 0 aliphatic heterocycles. The monoisotopic (exact) mass is 196 g/mol. The topological polar surface area (TPSA) is 69.7 Å². The van der Waals surface area contributed by atoms with Crippen LogP contribution in [-0.4, -0.2) is 27.1 Å². The van der Waals surface area contributed by atoms with E-state index in [1.54, 1.807) is 6.92 Å². The quantitative estimate of drug-likeness (QED) is 0.461. The second-order valence-corrected chi connectivity index (χ2v) is 4.11. The van der Waals surface area contributed by atoms with Crippen LogP contribution in [0.2, 0.25) is 0 Å². The molecule has 72 valence electrons. The normalized spacial score (nSPS) is 14.2. The maximum atomic E-state index is 10.6. The number of hydrogen-bond acceptors (Lipinski definition) is 5. The Morgan fingerprint density at radius 3 is 2.33 bits per heavy atom. The second-order valence-electron chi connectivity index (χ2n) is 2.57. The molecule has 0 fully saturated rings. The Labute approximate surface area is 71.7 Å². The zero-order chi connectivity index (χ0) is 9.78. The first-order valence-corrected chi connectivity index (χ1v) is 5.16. The van der Waals surface area contributed by atoms with Crippen LogP contribution in [0.4, 0.5) is 0 Å². The van der Waals surface area contributed by atoms with Crippen molar-refractivity contribution in [2.75, 3.05) is 12.9 Å². The molecule has 0 rings (SSSR count). The first-order chi connectivity index (χ1) is 5.33. The molecule has 0 aliphatic carbocycles. The van der Waals surface area contributed by atoms with Gasteiger partial charge in [-0.2, -0.15) is 8.42 Å². The minimum Gasteiger partial charge on any atom is -0.300 e. The standard InChI is InChI=1S/C6H12O5S/c1-5(6(2)7)4-10-11-12(3,8)9/h5H,4H2,1-3H3. The highest BCUT2D eigenvalue weighted by atomic mass is 32.2. The maximum Gasteiger partial charge on any atom is 0.290 e. The maximum absolute atomic E-state index is 10.6. The number of carbonyl (C=O) groups excluding carboxylic acids is 1. The van der Waals surface area contributed by atoms with Crippen molar-refractivity contribution in [2.24, 2.45) is 5.92 Å². The minimum absolute atomic E-state index is 0.0532. The third kappa shape index (κ3) is 6.26. The van der Waals surface area contributed by atoms with E-state index in [4.69, 9.17) is 0 Å². The van der Waals surface area contributed by atoms with Crippen LogP contribution >= 0.6 is 0 Å². The van der Waals surface area contributed by atoms with E-state index in [-0.39, 0.29) is 18.3 Å². The van der Waals surface area contributed by atoms with Crippen LogP contribution in [0.15, 0.2) is 0 Å². The molecule has 0 spiro atoms. The molecule has 0 aromatic heterocycles. The summed E-state index contributed by atoms with van der Waals surface area (Å²) in [5.74, 6) is -0.432. The van der Waals surface area contributed by atoms with Crippen LogP contribution in [0.3, 0.4) is 0 Å². The Morgan fingerprint density at radius 1 is 1.50 bits per heavy atom. The lowest BCUT2D eigenvalue weighted by Crippen LogP contribution is -2.15. The number of hydrogen-bond donors (Lipinski definition) is 0. The molecule has 12 heavy (non-hydrogen) atoms. The molecule has 0 aromatic rings. The number of carbonyl (C=O) groups is 1. The minimum atomic E-state index is -3.58. The molecular formula is C6H12O5S. The molecule has 6 heteroatoms. The first kappa shape index (κ1) is 11.5. The highest BCUT2D eigenvalue weighted by molar-refractivity contribution is 7.85. The predicted octanol–water partition coefficient (Wildman–Crippen LogP) is 0.119. The average Bonchev–Trinajstić information content (AvgIpc) is 1.84. The fourth-order valence-electron chi connectivity index (χ4n) is 0.335. The lowest BCUT2D eigenvalue weighted by Gasteiger charge is -2.05. The highest BCUT2D eigenvalue weighted by Crippen LogP contribution is 1.99. The molecule has 0 aliphatic rings. The van der Waals surface area contributed by atoms with Gasteiger partial charge in [-0.15, -0.1) is 4.33 Å². The Morgan fingerprint density at radius 2 is 2.00 bits per heavy atom. The van der Waals surface area contributed by atoms with Gasteiger partial charge in [0.15, 0.2) is 0 Å². The van der Waals surface area contributed by atoms with Crippen molar-refractivity contribution in [2.45, 2.75) is 13.8 Å². The zero-order valence-corrected chi connectivity index (χ0v) is 8.05. The molecule has 5 nitrogen and oxygen atoms in total. The number of ketones is 1. The smallest absolute Gasteiger partial charge is 0.290 e. The summed E-state index contributed by atoms with van der Waals surface area (Å²) in [5.41, 5.74) is 0. The fourth-order valence-corrected chi connectivity index (χ4v) is 0.565. The van der Waals surface area contributed by atoms with Gasteiger partial charge in [0.05, 0.1) is 12.9 Å². The number of Topliss-reactive ketones (excluding diaryl/α,β-unsaturated/α-hetero) is 1. The van der Waals surface area contributed by atoms with E-state index in [2.05, 4.69) is 9.22 Å². The van der Waals surface area contributed by atoms with E-state index < -0.39 is 10.1 Å². The van der Waals surface area contributed by atoms with Crippen LogP contribution in [0.5, 0.6) is 0 Å². The van der Waals surface area contributed by atoms with E-state index in [0.717, 1.165) is 6.26 Å². The second kappa shape index (κ2) is 4.54. The van der Waals surface area contributed by atoms with Gasteiger partial charge < -0.3 is 0 Å². The van der Waals surface area contributed by atoms with Crippen LogP contribution in [-0.2, 0) is 24.1 Å². The molecule has 0 N–H and O–H groups in total. The third-order valence-corrected chi connectivity index (χ3v) is 1.53. The Kier molecular flexibility index (Phi) is 4.36. The largest absolute Gasteiger partial charge is 0.300 e. The van der Waals surface area contributed by atoms with Gasteiger partial charge in [-0.3, -0.25) is 4.79 Å². The van der Waals surface area contributed by atoms with Gasteiger partial charge in [-0.25, -0.2) is 4.89 Å². The lowest BCUT2D eigenvalue weighted by molar-refractivity contribution is -0.209. The Balaban J connectivity index is 3.65. The molecule has 0 radical (unpaired) electrons. The molecule has 0 aromatic carbocycles. The first-order valence-electron chi connectivity index (χ1n) is 3.34. The summed E-state index contributed by atoms with van der Waals surface area (Å²) in [7, 11) is -3.58. The van der Waals surface area contributed by atoms with Crippen molar-refractivity contribution in [1.29, 1.82) is 0 Å². The summed E-state index contributed by atoms with van der Waals surface area (Å²) in [6, 6.07) is 0. The van der Waals surface area contributed by atoms with Crippen molar-refractivity contribution in [3.8, 4) is 0 Å². The van der Waals surface area contributed by atoms with E-state index in [0.29, 0.717) is 0 Å².